The molecule has 0 aliphatic heterocycles. The van der Waals surface area contributed by atoms with Gasteiger partial charge in [0.15, 0.2) is 0 Å². The van der Waals surface area contributed by atoms with Gasteiger partial charge in [0.25, 0.3) is 5.44 Å². The largest absolute Gasteiger partial charge is 0.506 e. The molecule has 0 saturated heterocycles. The van der Waals surface area contributed by atoms with Crippen LogP contribution >= 0.6 is 10.5 Å². The first-order chi connectivity index (χ1) is 7.15. The van der Waals surface area contributed by atoms with Crippen LogP contribution in [0.15, 0.2) is 23.0 Å². The van der Waals surface area contributed by atoms with Crippen LogP contribution in [0.2, 0.25) is 0 Å². The van der Waals surface area contributed by atoms with Gasteiger partial charge in [-0.2, -0.15) is 0 Å². The molecule has 1 unspecified atom stereocenters. The molecule has 5 nitrogen and oxygen atoms in total. The molecule has 1 aromatic carbocycles. The molecule has 1 aromatic heterocycles. The lowest BCUT2D eigenvalue weighted by Gasteiger charge is -1.95. The molecule has 0 radical (unpaired) electrons. The first-order valence-electron chi connectivity index (χ1n) is 4.39. The number of thiazole rings is 1. The van der Waals surface area contributed by atoms with E-state index in [9.17, 15) is 15.0 Å². The minimum Gasteiger partial charge on any atom is -0.506 e. The van der Waals surface area contributed by atoms with Gasteiger partial charge in [0.2, 0.25) is 4.70 Å². The van der Waals surface area contributed by atoms with Crippen LogP contribution in [0.25, 0.3) is 10.2 Å². The van der Waals surface area contributed by atoms with E-state index in [1.807, 2.05) is 0 Å². The second-order valence-electron chi connectivity index (χ2n) is 3.09. The number of phenols is 1. The van der Waals surface area contributed by atoms with Crippen molar-refractivity contribution in [1.29, 1.82) is 0 Å². The average Bonchev–Trinajstić information content (AvgIpc) is 2.55. The number of aliphatic hydroxyl groups excluding tert-OH is 1. The quantitative estimate of drug-likeness (QED) is 0.559. The topological polar surface area (TPSA) is 99.3 Å². The standard InChI is InChI=1S/C9H10N2O3S/c10-4-7(13)15-6-3-1-2-5(12)8(6)11-9(15)14/h1-3,7,13H,4,10H2,(H-,11,12,14)/p+1/t7-,15?/m1/s1. The second kappa shape index (κ2) is 3.65. The Bertz CT molecular complexity index is 546. The van der Waals surface area contributed by atoms with E-state index in [1.54, 1.807) is 12.1 Å². The summed E-state index contributed by atoms with van der Waals surface area (Å²) in [6.45, 7) is 0.0195. The number of aromatic amines is 1. The molecular formula is C9H11N2O3S+. The zero-order chi connectivity index (χ0) is 11.0. The summed E-state index contributed by atoms with van der Waals surface area (Å²) in [5.41, 5.74) is 4.82. The fraction of sp³-hybridized carbons (Fsp3) is 0.222. The molecule has 0 amide bonds. The summed E-state index contributed by atoms with van der Waals surface area (Å²) in [5.74, 6) is 0.0140. The maximum Gasteiger partial charge on any atom is 0.458 e. The molecule has 6 heteroatoms. The molecule has 15 heavy (non-hydrogen) atoms. The number of rotatable bonds is 2. The number of fused-ring (bicyclic) bond motifs is 1. The van der Waals surface area contributed by atoms with Gasteiger partial charge in [-0.1, -0.05) is 6.07 Å². The van der Waals surface area contributed by atoms with E-state index >= 15 is 0 Å². The Morgan fingerprint density at radius 2 is 2.27 bits per heavy atom. The summed E-state index contributed by atoms with van der Waals surface area (Å²) < 4.78 is 0.623. The molecule has 0 fully saturated rings. The van der Waals surface area contributed by atoms with E-state index in [1.165, 1.54) is 6.07 Å². The molecule has 0 aliphatic carbocycles. The number of para-hydroxylation sites is 1. The molecule has 2 rings (SSSR count). The Morgan fingerprint density at radius 1 is 1.53 bits per heavy atom. The zero-order valence-electron chi connectivity index (χ0n) is 7.80. The Kier molecular flexibility index (Phi) is 2.47. The van der Waals surface area contributed by atoms with E-state index in [2.05, 4.69) is 4.98 Å². The summed E-state index contributed by atoms with van der Waals surface area (Å²) >= 11 is 0. The Hall–Kier alpha value is -1.37. The normalized spacial score (nSPS) is 14.4. The number of aromatic hydroxyl groups is 1. The number of nitrogens with one attached hydrogen (secondary N) is 1. The lowest BCUT2D eigenvalue weighted by atomic mass is 10.3. The molecule has 80 valence electrons. The number of hydrogen-bond acceptors (Lipinski definition) is 4. The summed E-state index contributed by atoms with van der Waals surface area (Å²) in [7, 11) is -0.981. The Morgan fingerprint density at radius 3 is 2.93 bits per heavy atom. The monoisotopic (exact) mass is 227 g/mol. The highest BCUT2D eigenvalue weighted by atomic mass is 32.2. The van der Waals surface area contributed by atoms with Crippen molar-refractivity contribution in [3.8, 4) is 5.75 Å². The van der Waals surface area contributed by atoms with Crippen LogP contribution < -0.4 is 10.6 Å². The van der Waals surface area contributed by atoms with Gasteiger partial charge in [-0.15, -0.1) is 0 Å². The maximum atomic E-state index is 11.6. The third-order valence-electron chi connectivity index (χ3n) is 2.14. The lowest BCUT2D eigenvalue weighted by molar-refractivity contribution is 0.233. The first-order valence-corrected chi connectivity index (χ1v) is 5.68. The van der Waals surface area contributed by atoms with Gasteiger partial charge >= 0.3 is 4.87 Å². The Labute approximate surface area is 87.8 Å². The van der Waals surface area contributed by atoms with Crippen LogP contribution in [0, 0.1) is 0 Å². The number of H-pyrrole nitrogens is 1. The second-order valence-corrected chi connectivity index (χ2v) is 5.12. The molecule has 0 aliphatic rings. The molecular weight excluding hydrogens is 216 g/mol. The lowest BCUT2D eigenvalue weighted by Crippen LogP contribution is -2.11. The number of nitrogens with two attached hydrogens (primary N) is 1. The van der Waals surface area contributed by atoms with E-state index < -0.39 is 15.9 Å². The fourth-order valence-electron chi connectivity index (χ4n) is 1.45. The van der Waals surface area contributed by atoms with Crippen molar-refractivity contribution in [1.82, 2.24) is 4.98 Å². The molecule has 0 bridgehead atoms. The Balaban J connectivity index is 2.80. The van der Waals surface area contributed by atoms with Crippen LogP contribution in [0.5, 0.6) is 5.75 Å². The molecule has 5 N–H and O–H groups in total. The van der Waals surface area contributed by atoms with Gasteiger partial charge in [0, 0.05) is 6.07 Å². The predicted molar refractivity (Wildman–Crippen MR) is 59.0 cm³/mol. The summed E-state index contributed by atoms with van der Waals surface area (Å²) in [6.07, 6.45) is 0. The van der Waals surface area contributed by atoms with Crippen LogP contribution in [-0.4, -0.2) is 21.7 Å². The van der Waals surface area contributed by atoms with Gasteiger partial charge in [-0.3, -0.25) is 4.98 Å². The van der Waals surface area contributed by atoms with Gasteiger partial charge in [-0.25, -0.2) is 4.79 Å². The van der Waals surface area contributed by atoms with Gasteiger partial charge < -0.3 is 15.9 Å². The fourth-order valence-corrected chi connectivity index (χ4v) is 3.20. The average molecular weight is 227 g/mol. The first kappa shape index (κ1) is 10.2. The number of hydrogen-bond donors (Lipinski definition) is 4. The number of aromatic nitrogens is 1. The van der Waals surface area contributed by atoms with Gasteiger partial charge in [0.1, 0.15) is 11.3 Å². The molecule has 1 heterocycles. The number of aliphatic hydroxyl groups is 1. The van der Waals surface area contributed by atoms with E-state index in [0.29, 0.717) is 10.2 Å². The summed E-state index contributed by atoms with van der Waals surface area (Å²) in [6, 6.07) is 4.83. The highest BCUT2D eigenvalue weighted by molar-refractivity contribution is 7.35. The number of phenolic OH excluding ortho intramolecular Hbond substituents is 1. The SMILES string of the molecule is NC[C@H](O)[s+]1c(=O)[nH]c2c(O)cccc21. The van der Waals surface area contributed by atoms with Crippen molar-refractivity contribution in [3.63, 3.8) is 0 Å². The number of benzene rings is 1. The van der Waals surface area contributed by atoms with Crippen LogP contribution in [0.1, 0.15) is 5.44 Å². The summed E-state index contributed by atoms with van der Waals surface area (Å²) in [4.78, 5) is 13.8. The van der Waals surface area contributed by atoms with Crippen molar-refractivity contribution >= 4 is 20.7 Å². The van der Waals surface area contributed by atoms with Crippen molar-refractivity contribution < 1.29 is 10.2 Å². The third-order valence-corrected chi connectivity index (χ3v) is 4.19. The van der Waals surface area contributed by atoms with Crippen molar-refractivity contribution in [2.75, 3.05) is 6.54 Å². The zero-order valence-corrected chi connectivity index (χ0v) is 8.62. The van der Waals surface area contributed by atoms with E-state index in [-0.39, 0.29) is 17.2 Å². The predicted octanol–water partition coefficient (Wildman–Crippen LogP) is 0.432. The molecule has 0 spiro atoms. The van der Waals surface area contributed by atoms with Crippen LogP contribution in [0.3, 0.4) is 0 Å². The highest BCUT2D eigenvalue weighted by Crippen LogP contribution is 2.35. The van der Waals surface area contributed by atoms with Gasteiger partial charge in [-0.05, 0) is 6.07 Å². The van der Waals surface area contributed by atoms with Crippen LogP contribution in [-0.2, 0) is 0 Å². The minimum atomic E-state index is -0.981. The smallest absolute Gasteiger partial charge is 0.458 e. The maximum absolute atomic E-state index is 11.6. The van der Waals surface area contributed by atoms with Gasteiger partial charge in [0.05, 0.1) is 17.0 Å². The van der Waals surface area contributed by atoms with Crippen molar-refractivity contribution in [2.24, 2.45) is 5.73 Å². The molecule has 2 atom stereocenters. The summed E-state index contributed by atoms with van der Waals surface area (Å²) in [5, 5.41) is 19.1. The van der Waals surface area contributed by atoms with E-state index in [0.717, 1.165) is 0 Å². The molecule has 0 saturated carbocycles. The van der Waals surface area contributed by atoms with Crippen molar-refractivity contribution in [3.05, 3.63) is 27.9 Å². The highest BCUT2D eigenvalue weighted by Gasteiger charge is 2.27. The minimum absolute atomic E-state index is 0.0140. The van der Waals surface area contributed by atoms with Crippen molar-refractivity contribution in [2.45, 2.75) is 5.44 Å². The molecule has 2 aromatic rings. The third kappa shape index (κ3) is 1.52. The van der Waals surface area contributed by atoms with E-state index in [4.69, 9.17) is 5.73 Å². The van der Waals surface area contributed by atoms with Crippen LogP contribution in [0.4, 0.5) is 0 Å².